The van der Waals surface area contributed by atoms with E-state index in [2.05, 4.69) is 35.5 Å². The second-order valence-electron chi connectivity index (χ2n) is 6.84. The van der Waals surface area contributed by atoms with Crippen molar-refractivity contribution in [3.63, 3.8) is 0 Å². The third-order valence-corrected chi connectivity index (χ3v) is 6.06. The van der Waals surface area contributed by atoms with Gasteiger partial charge in [-0.1, -0.05) is 12.1 Å². The molecular weight excluding hydrogens is 408 g/mol. The number of carbonyl (C=O) groups excluding carboxylic acids is 1. The van der Waals surface area contributed by atoms with Gasteiger partial charge in [0.2, 0.25) is 0 Å². The van der Waals surface area contributed by atoms with E-state index in [1.165, 1.54) is 10.4 Å². The first-order chi connectivity index (χ1) is 14.3. The van der Waals surface area contributed by atoms with Crippen LogP contribution in [0.1, 0.15) is 40.7 Å². The van der Waals surface area contributed by atoms with Crippen LogP contribution in [0.3, 0.4) is 0 Å². The van der Waals surface area contributed by atoms with Crippen molar-refractivity contribution in [2.24, 2.45) is 0 Å². The van der Waals surface area contributed by atoms with Gasteiger partial charge in [0, 0.05) is 30.1 Å². The number of aliphatic carboxylic acids is 2. The molecule has 3 N–H and O–H groups in total. The minimum absolute atomic E-state index is 0.0819. The van der Waals surface area contributed by atoms with Crippen LogP contribution in [0.25, 0.3) is 0 Å². The topological polar surface area (TPSA) is 116 Å². The van der Waals surface area contributed by atoms with Gasteiger partial charge in [-0.3, -0.25) is 9.69 Å². The zero-order chi connectivity index (χ0) is 22.3. The van der Waals surface area contributed by atoms with Crippen LogP contribution < -0.4 is 10.1 Å². The van der Waals surface area contributed by atoms with E-state index in [9.17, 15) is 4.79 Å². The number of carboxylic acids is 2. The Morgan fingerprint density at radius 3 is 2.47 bits per heavy atom. The molecule has 1 aliphatic rings. The summed E-state index contributed by atoms with van der Waals surface area (Å²) in [4.78, 5) is 34.5. The standard InChI is InChI=1S/C19H24N2O2S.C2H2O4/c1-13-12-15-8-11-24-18(15)14(2)21(13)10-9-20-19(22)16-6-4-5-7-17(16)23-3;3-1(4)2(5)6/h4-8,11,13-14H,9-10,12H2,1-3H3,(H,20,22);(H,3,4)(H,5,6). The molecule has 1 aliphatic heterocycles. The van der Waals surface area contributed by atoms with Crippen molar-refractivity contribution >= 4 is 29.2 Å². The van der Waals surface area contributed by atoms with Gasteiger partial charge in [-0.2, -0.15) is 0 Å². The van der Waals surface area contributed by atoms with E-state index in [0.717, 1.165) is 13.0 Å². The Hall–Kier alpha value is -2.91. The molecule has 0 saturated heterocycles. The number of para-hydroxylation sites is 1. The van der Waals surface area contributed by atoms with Crippen molar-refractivity contribution in [2.75, 3.05) is 20.2 Å². The Bertz CT molecular complexity index is 885. The highest BCUT2D eigenvalue weighted by Gasteiger charge is 2.29. The molecule has 9 heteroatoms. The maximum atomic E-state index is 12.4. The summed E-state index contributed by atoms with van der Waals surface area (Å²) in [5.41, 5.74) is 2.06. The molecule has 0 spiro atoms. The molecule has 0 saturated carbocycles. The molecule has 2 aromatic rings. The molecule has 0 radical (unpaired) electrons. The average Bonchev–Trinajstić information content (AvgIpc) is 3.19. The van der Waals surface area contributed by atoms with Gasteiger partial charge < -0.3 is 20.3 Å². The highest BCUT2D eigenvalue weighted by Crippen LogP contribution is 2.35. The molecule has 0 fully saturated rings. The van der Waals surface area contributed by atoms with E-state index in [-0.39, 0.29) is 5.91 Å². The number of carbonyl (C=O) groups is 3. The van der Waals surface area contributed by atoms with Gasteiger partial charge >= 0.3 is 11.9 Å². The fourth-order valence-electron chi connectivity index (χ4n) is 3.49. The third kappa shape index (κ3) is 5.80. The molecule has 2 unspecified atom stereocenters. The molecule has 1 aromatic carbocycles. The lowest BCUT2D eigenvalue weighted by atomic mass is 9.97. The molecule has 1 aromatic heterocycles. The lowest BCUT2D eigenvalue weighted by molar-refractivity contribution is -0.159. The number of hydrogen-bond donors (Lipinski definition) is 3. The van der Waals surface area contributed by atoms with Gasteiger partial charge in [-0.15, -0.1) is 11.3 Å². The average molecular weight is 435 g/mol. The van der Waals surface area contributed by atoms with Crippen molar-refractivity contribution in [1.82, 2.24) is 10.2 Å². The number of nitrogens with zero attached hydrogens (tertiary/aromatic N) is 1. The molecule has 30 heavy (non-hydrogen) atoms. The number of fused-ring (bicyclic) bond motifs is 1. The second kappa shape index (κ2) is 10.7. The Morgan fingerprint density at radius 2 is 1.83 bits per heavy atom. The number of benzene rings is 1. The van der Waals surface area contributed by atoms with E-state index in [1.54, 1.807) is 13.2 Å². The number of methoxy groups -OCH3 is 1. The maximum absolute atomic E-state index is 12.4. The summed E-state index contributed by atoms with van der Waals surface area (Å²) in [6.07, 6.45) is 1.09. The van der Waals surface area contributed by atoms with Gasteiger partial charge in [0.15, 0.2) is 0 Å². The molecule has 0 bridgehead atoms. The molecular formula is C21H26N2O6S. The summed E-state index contributed by atoms with van der Waals surface area (Å²) in [6.45, 7) is 6.00. The highest BCUT2D eigenvalue weighted by molar-refractivity contribution is 7.10. The number of ether oxygens (including phenoxy) is 1. The number of hydrogen-bond acceptors (Lipinski definition) is 6. The van der Waals surface area contributed by atoms with Crippen molar-refractivity contribution in [2.45, 2.75) is 32.4 Å². The molecule has 2 atom stereocenters. The van der Waals surface area contributed by atoms with Crippen LogP contribution in [0.5, 0.6) is 5.75 Å². The van der Waals surface area contributed by atoms with Crippen LogP contribution in [0.15, 0.2) is 35.7 Å². The minimum atomic E-state index is -1.82. The zero-order valence-corrected chi connectivity index (χ0v) is 17.9. The van der Waals surface area contributed by atoms with Crippen LogP contribution in [-0.2, 0) is 16.0 Å². The minimum Gasteiger partial charge on any atom is -0.496 e. The normalized spacial score (nSPS) is 17.8. The summed E-state index contributed by atoms with van der Waals surface area (Å²) >= 11 is 1.84. The van der Waals surface area contributed by atoms with E-state index >= 15 is 0 Å². The summed E-state index contributed by atoms with van der Waals surface area (Å²) in [5.74, 6) is -3.12. The Morgan fingerprint density at radius 1 is 1.17 bits per heavy atom. The Labute approximate surface area is 179 Å². The number of thiophene rings is 1. The quantitative estimate of drug-likeness (QED) is 0.620. The predicted molar refractivity (Wildman–Crippen MR) is 113 cm³/mol. The molecule has 3 rings (SSSR count). The fourth-order valence-corrected chi connectivity index (χ4v) is 4.50. The molecule has 0 aliphatic carbocycles. The van der Waals surface area contributed by atoms with E-state index in [0.29, 0.717) is 29.9 Å². The third-order valence-electron chi connectivity index (χ3n) is 4.93. The lowest BCUT2D eigenvalue weighted by Gasteiger charge is -2.38. The first-order valence-electron chi connectivity index (χ1n) is 9.45. The van der Waals surface area contributed by atoms with Crippen LogP contribution in [0, 0.1) is 0 Å². The maximum Gasteiger partial charge on any atom is 0.414 e. The van der Waals surface area contributed by atoms with Crippen LogP contribution in [-0.4, -0.2) is 59.2 Å². The number of carboxylic acid groups (broad SMARTS) is 2. The summed E-state index contributed by atoms with van der Waals surface area (Å²) in [6, 6.07) is 10.5. The van der Waals surface area contributed by atoms with E-state index < -0.39 is 11.9 Å². The molecule has 2 heterocycles. The summed E-state index contributed by atoms with van der Waals surface area (Å²) < 4.78 is 5.26. The lowest BCUT2D eigenvalue weighted by Crippen LogP contribution is -2.44. The molecule has 162 valence electrons. The van der Waals surface area contributed by atoms with E-state index in [1.807, 2.05) is 29.5 Å². The SMILES string of the molecule is COc1ccccc1C(=O)NCCN1C(C)Cc2ccsc2C1C.O=C(O)C(=O)O. The second-order valence-corrected chi connectivity index (χ2v) is 7.79. The van der Waals surface area contributed by atoms with Gasteiger partial charge in [0.25, 0.3) is 5.91 Å². The zero-order valence-electron chi connectivity index (χ0n) is 17.1. The first kappa shape index (κ1) is 23.4. The van der Waals surface area contributed by atoms with E-state index in [4.69, 9.17) is 24.5 Å². The van der Waals surface area contributed by atoms with Gasteiger partial charge in [-0.05, 0) is 49.4 Å². The van der Waals surface area contributed by atoms with Crippen LogP contribution in [0.2, 0.25) is 0 Å². The number of amides is 1. The molecule has 8 nitrogen and oxygen atoms in total. The highest BCUT2D eigenvalue weighted by atomic mass is 32.1. The monoisotopic (exact) mass is 434 g/mol. The van der Waals surface area contributed by atoms with Gasteiger partial charge in [0.05, 0.1) is 12.7 Å². The largest absolute Gasteiger partial charge is 0.496 e. The van der Waals surface area contributed by atoms with Crippen molar-refractivity contribution in [1.29, 1.82) is 0 Å². The van der Waals surface area contributed by atoms with Gasteiger partial charge in [-0.25, -0.2) is 9.59 Å². The Balaban J connectivity index is 0.000000469. The first-order valence-corrected chi connectivity index (χ1v) is 10.3. The number of nitrogens with one attached hydrogen (secondary N) is 1. The van der Waals surface area contributed by atoms with Crippen molar-refractivity contribution in [3.8, 4) is 5.75 Å². The summed E-state index contributed by atoms with van der Waals surface area (Å²) in [5, 5.41) is 20.0. The van der Waals surface area contributed by atoms with Gasteiger partial charge in [0.1, 0.15) is 5.75 Å². The Kier molecular flexibility index (Phi) is 8.37. The smallest absolute Gasteiger partial charge is 0.414 e. The van der Waals surface area contributed by atoms with Crippen molar-refractivity contribution < 1.29 is 29.3 Å². The van der Waals surface area contributed by atoms with Crippen LogP contribution >= 0.6 is 11.3 Å². The summed E-state index contributed by atoms with van der Waals surface area (Å²) in [7, 11) is 1.59. The fraction of sp³-hybridized carbons (Fsp3) is 0.381. The number of rotatable bonds is 5. The van der Waals surface area contributed by atoms with Crippen molar-refractivity contribution in [3.05, 3.63) is 51.7 Å². The predicted octanol–water partition coefficient (Wildman–Crippen LogP) is 2.65. The van der Waals surface area contributed by atoms with Crippen LogP contribution in [0.4, 0.5) is 0 Å². The molecule has 1 amide bonds.